The molecule has 0 amide bonds. The maximum atomic E-state index is 14.4. The Morgan fingerprint density at radius 2 is 0.689 bits per heavy atom. The van der Waals surface area contributed by atoms with E-state index in [1.54, 1.807) is 0 Å². The fourth-order valence-corrected chi connectivity index (χ4v) is 4.39. The van der Waals surface area contributed by atoms with Crippen molar-refractivity contribution in [2.45, 2.75) is 37.1 Å². The van der Waals surface area contributed by atoms with Crippen molar-refractivity contribution in [1.82, 2.24) is 0 Å². The molecular weight excluding hydrogens is 672 g/mol. The molecule has 0 heterocycles. The summed E-state index contributed by atoms with van der Waals surface area (Å²) in [6.07, 6.45) is -38.8. The highest BCUT2D eigenvalue weighted by Crippen LogP contribution is 2.60. The number of hydrogen-bond acceptors (Lipinski definition) is 3. The Morgan fingerprint density at radius 1 is 0.400 bits per heavy atom. The van der Waals surface area contributed by atoms with Crippen molar-refractivity contribution >= 4 is 28.4 Å². The molecule has 21 heteroatoms. The number of nitrogen functional groups attached to an aromatic ring is 2. The van der Waals surface area contributed by atoms with Crippen LogP contribution in [0.1, 0.15) is 33.4 Å². The highest BCUT2D eigenvalue weighted by molar-refractivity contribution is 5.90. The molecule has 3 nitrogen and oxygen atoms in total. The van der Waals surface area contributed by atoms with Gasteiger partial charge in [0.15, 0.2) is 0 Å². The molecule has 0 aliphatic heterocycles. The van der Waals surface area contributed by atoms with Crippen LogP contribution in [-0.2, 0) is 37.1 Å². The third-order valence-corrected chi connectivity index (χ3v) is 5.87. The van der Waals surface area contributed by atoms with Crippen LogP contribution in [0, 0.1) is 0 Å². The van der Waals surface area contributed by atoms with E-state index in [1.165, 1.54) is 0 Å². The van der Waals surface area contributed by atoms with Crippen molar-refractivity contribution < 1.29 is 79.0 Å². The fourth-order valence-electron chi connectivity index (χ4n) is 4.39. The van der Waals surface area contributed by atoms with E-state index in [-0.39, 0.29) is 12.1 Å². The van der Waals surface area contributed by atoms with E-state index < -0.39 is 116 Å². The first-order valence-electron chi connectivity index (χ1n) is 11.2. The number of benzene rings is 3. The maximum absolute atomic E-state index is 14.4. The smallest absolute Gasteiger partial charge is 0.398 e. The summed E-state index contributed by atoms with van der Waals surface area (Å²) in [6.45, 7) is 0. The van der Waals surface area contributed by atoms with Crippen LogP contribution in [0.5, 0.6) is 0 Å². The number of rotatable bonds is 3. The number of anilines is 5. The Hall–Kier alpha value is -4.20. The lowest BCUT2D eigenvalue weighted by Crippen LogP contribution is -2.31. The van der Waals surface area contributed by atoms with Crippen LogP contribution >= 0.6 is 0 Å². The molecule has 0 aliphatic rings. The van der Waals surface area contributed by atoms with Crippen molar-refractivity contribution in [3.05, 3.63) is 75.8 Å². The Labute approximate surface area is 237 Å². The standard InChI is InChI=1S/C24H11F18N3/c25-19(26,27)9-6-11(43)15(23(37,38)39)17(13(9)21(31,32)33)45(8-4-2-1-3-5-8)18-14(22(34,35)36)10(20(28,29)30)7-12(44)16(18)24(40,41)42/h1-7H,43-44H2. The van der Waals surface area contributed by atoms with Crippen molar-refractivity contribution in [1.29, 1.82) is 0 Å². The minimum atomic E-state index is -6.69. The lowest BCUT2D eigenvalue weighted by Gasteiger charge is -2.36. The van der Waals surface area contributed by atoms with Crippen molar-refractivity contribution in [3.8, 4) is 0 Å². The minimum Gasteiger partial charge on any atom is -0.398 e. The van der Waals surface area contributed by atoms with Crippen molar-refractivity contribution in [3.63, 3.8) is 0 Å². The molecule has 248 valence electrons. The normalized spacial score (nSPS) is 13.7. The van der Waals surface area contributed by atoms with Crippen LogP contribution in [0.25, 0.3) is 0 Å². The molecule has 0 aliphatic carbocycles. The first-order valence-corrected chi connectivity index (χ1v) is 11.2. The molecule has 0 saturated carbocycles. The number of halogens is 18. The molecule has 0 saturated heterocycles. The van der Waals surface area contributed by atoms with Gasteiger partial charge in [-0.05, 0) is 24.3 Å². The summed E-state index contributed by atoms with van der Waals surface area (Å²) >= 11 is 0. The predicted molar refractivity (Wildman–Crippen MR) is 120 cm³/mol. The molecule has 3 rings (SSSR count). The lowest BCUT2D eigenvalue weighted by atomic mass is 9.91. The Kier molecular flexibility index (Phi) is 8.40. The van der Waals surface area contributed by atoms with Gasteiger partial charge in [0.05, 0.1) is 33.6 Å². The fraction of sp³-hybridized carbons (Fsp3) is 0.250. The first kappa shape index (κ1) is 35.3. The summed E-state index contributed by atoms with van der Waals surface area (Å²) in [5.74, 6) is 0. The lowest BCUT2D eigenvalue weighted by molar-refractivity contribution is -0.163. The van der Waals surface area contributed by atoms with E-state index in [4.69, 9.17) is 11.5 Å². The topological polar surface area (TPSA) is 55.3 Å². The highest BCUT2D eigenvalue weighted by Gasteiger charge is 2.55. The molecule has 0 bridgehead atoms. The predicted octanol–water partition coefficient (Wildman–Crippen LogP) is 10.4. The molecule has 0 aromatic heterocycles. The van der Waals surface area contributed by atoms with Gasteiger partial charge in [-0.1, -0.05) is 18.2 Å². The van der Waals surface area contributed by atoms with Crippen molar-refractivity contribution in [2.24, 2.45) is 0 Å². The molecule has 3 aromatic rings. The van der Waals surface area contributed by atoms with Crippen LogP contribution in [0.4, 0.5) is 107 Å². The summed E-state index contributed by atoms with van der Waals surface area (Å²) in [7, 11) is 0. The van der Waals surface area contributed by atoms with Crippen molar-refractivity contribution in [2.75, 3.05) is 16.4 Å². The second-order valence-corrected chi connectivity index (χ2v) is 8.88. The summed E-state index contributed by atoms with van der Waals surface area (Å²) in [5.41, 5.74) is -21.9. The van der Waals surface area contributed by atoms with Crippen LogP contribution in [0.2, 0.25) is 0 Å². The highest BCUT2D eigenvalue weighted by atomic mass is 19.4. The SMILES string of the molecule is Nc1cc(C(F)(F)F)c(C(F)(F)F)c(N(c2ccccc2)c2c(C(F)(F)F)c(N)cc(C(F)(F)F)c2C(F)(F)F)c1C(F)(F)F. The minimum absolute atomic E-state index is 0.216. The van der Waals surface area contributed by atoms with Gasteiger partial charge in [-0.3, -0.25) is 0 Å². The summed E-state index contributed by atoms with van der Waals surface area (Å²) in [4.78, 5) is -1.31. The van der Waals surface area contributed by atoms with Gasteiger partial charge in [0.2, 0.25) is 0 Å². The Balaban J connectivity index is 2.97. The molecule has 0 unspecified atom stereocenters. The van der Waals surface area contributed by atoms with Crippen LogP contribution in [0.15, 0.2) is 42.5 Å². The maximum Gasteiger partial charge on any atom is 0.420 e. The number of nitrogens with zero attached hydrogens (tertiary/aromatic N) is 1. The monoisotopic (exact) mass is 683 g/mol. The van der Waals surface area contributed by atoms with Gasteiger partial charge in [0.25, 0.3) is 0 Å². The largest absolute Gasteiger partial charge is 0.420 e. The number of alkyl halides is 18. The molecular formula is C24H11F18N3. The van der Waals surface area contributed by atoms with Crippen LogP contribution in [0.3, 0.4) is 0 Å². The molecule has 45 heavy (non-hydrogen) atoms. The third-order valence-electron chi connectivity index (χ3n) is 5.87. The van der Waals surface area contributed by atoms with Gasteiger partial charge >= 0.3 is 37.1 Å². The molecule has 4 N–H and O–H groups in total. The van der Waals surface area contributed by atoms with Crippen LogP contribution < -0.4 is 16.4 Å². The van der Waals surface area contributed by atoms with Gasteiger partial charge in [-0.15, -0.1) is 0 Å². The van der Waals surface area contributed by atoms with Crippen LogP contribution in [-0.4, -0.2) is 0 Å². The summed E-state index contributed by atoms with van der Waals surface area (Å²) in [6, 6.07) is 0.603. The quantitative estimate of drug-likeness (QED) is 0.214. The van der Waals surface area contributed by atoms with Gasteiger partial charge in [-0.2, -0.15) is 79.0 Å². The average Bonchev–Trinajstić information content (AvgIpc) is 2.79. The number of hydrogen-bond donors (Lipinski definition) is 2. The number of para-hydroxylation sites is 1. The van der Waals surface area contributed by atoms with E-state index in [1.807, 2.05) is 0 Å². The summed E-state index contributed by atoms with van der Waals surface area (Å²) in [5, 5.41) is 0. The van der Waals surface area contributed by atoms with E-state index >= 15 is 0 Å². The zero-order chi connectivity index (χ0) is 34.9. The molecule has 3 aromatic carbocycles. The second kappa shape index (κ2) is 10.7. The van der Waals surface area contributed by atoms with E-state index in [0.29, 0.717) is 12.1 Å². The molecule has 0 fully saturated rings. The third kappa shape index (κ3) is 6.75. The van der Waals surface area contributed by atoms with Gasteiger partial charge in [-0.25, -0.2) is 0 Å². The molecule has 0 radical (unpaired) electrons. The van der Waals surface area contributed by atoms with E-state index in [0.717, 1.165) is 6.07 Å². The Bertz CT molecular complexity index is 1470. The molecule has 0 spiro atoms. The van der Waals surface area contributed by atoms with E-state index in [9.17, 15) is 79.0 Å². The molecule has 0 atom stereocenters. The Morgan fingerprint density at radius 3 is 0.933 bits per heavy atom. The van der Waals surface area contributed by atoms with E-state index in [2.05, 4.69) is 0 Å². The average molecular weight is 683 g/mol. The van der Waals surface area contributed by atoms with Gasteiger partial charge < -0.3 is 16.4 Å². The zero-order valence-electron chi connectivity index (χ0n) is 20.9. The second-order valence-electron chi connectivity index (χ2n) is 8.88. The van der Waals surface area contributed by atoms with Gasteiger partial charge in [0, 0.05) is 17.1 Å². The first-order chi connectivity index (χ1) is 20.0. The number of nitrogens with two attached hydrogens (primary N) is 2. The summed E-state index contributed by atoms with van der Waals surface area (Å²) < 4.78 is 255. The zero-order valence-corrected chi connectivity index (χ0v) is 20.9. The van der Waals surface area contributed by atoms with Gasteiger partial charge in [0.1, 0.15) is 11.1 Å².